The smallest absolute Gasteiger partial charge is 0.294 e. The molecule has 0 atom stereocenters. The molecule has 5 nitrogen and oxygen atoms in total. The second-order valence-corrected chi connectivity index (χ2v) is 4.14. The summed E-state index contributed by atoms with van der Waals surface area (Å²) < 4.78 is 10.4. The molecule has 1 aromatic heterocycles. The molecule has 0 radical (unpaired) electrons. The van der Waals surface area contributed by atoms with E-state index in [2.05, 4.69) is 17.2 Å². The quantitative estimate of drug-likeness (QED) is 0.497. The highest BCUT2D eigenvalue weighted by Crippen LogP contribution is 2.00. The minimum Gasteiger partial charge on any atom is -0.462 e. The van der Waals surface area contributed by atoms with Gasteiger partial charge in [0.15, 0.2) is 5.76 Å². The van der Waals surface area contributed by atoms with Crippen LogP contribution in [0.4, 0.5) is 0 Å². The van der Waals surface area contributed by atoms with Crippen LogP contribution in [0.3, 0.4) is 0 Å². The van der Waals surface area contributed by atoms with Crippen LogP contribution >= 0.6 is 0 Å². The standard InChI is InChI=1S/C13H20N2O3/c1-4-5-8-14-13(18-10(2)3)15-12(16)11-7-6-9-17-11/h6-7,9-10H,4-5,8H2,1-3H3,(H,14,15,16). The molecule has 0 spiro atoms. The van der Waals surface area contributed by atoms with E-state index in [0.717, 1.165) is 12.8 Å². The van der Waals surface area contributed by atoms with Gasteiger partial charge in [-0.25, -0.2) is 4.99 Å². The Morgan fingerprint density at radius 3 is 2.89 bits per heavy atom. The van der Waals surface area contributed by atoms with Gasteiger partial charge in [0.05, 0.1) is 12.4 Å². The molecule has 1 heterocycles. The molecule has 0 saturated carbocycles. The fourth-order valence-electron chi connectivity index (χ4n) is 1.23. The van der Waals surface area contributed by atoms with Crippen LogP contribution in [0.25, 0.3) is 0 Å². The summed E-state index contributed by atoms with van der Waals surface area (Å²) in [6.07, 6.45) is 3.42. The number of ether oxygens (including phenoxy) is 1. The second kappa shape index (κ2) is 7.53. The first-order valence-corrected chi connectivity index (χ1v) is 6.19. The van der Waals surface area contributed by atoms with Crippen LogP contribution in [0.15, 0.2) is 27.8 Å². The van der Waals surface area contributed by atoms with Crippen molar-refractivity contribution in [1.29, 1.82) is 0 Å². The molecule has 5 heteroatoms. The molecule has 0 aromatic carbocycles. The number of hydrogen-bond donors (Lipinski definition) is 1. The first-order chi connectivity index (χ1) is 8.63. The van der Waals surface area contributed by atoms with E-state index in [1.54, 1.807) is 12.1 Å². The van der Waals surface area contributed by atoms with Crippen LogP contribution in [-0.2, 0) is 4.74 Å². The summed E-state index contributed by atoms with van der Waals surface area (Å²) in [6, 6.07) is 3.50. The summed E-state index contributed by atoms with van der Waals surface area (Å²) in [7, 11) is 0. The van der Waals surface area contributed by atoms with E-state index in [1.165, 1.54) is 6.26 Å². The van der Waals surface area contributed by atoms with Crippen LogP contribution in [0, 0.1) is 0 Å². The molecule has 1 amide bonds. The van der Waals surface area contributed by atoms with E-state index in [4.69, 9.17) is 9.15 Å². The van der Waals surface area contributed by atoms with E-state index >= 15 is 0 Å². The van der Waals surface area contributed by atoms with Crippen molar-refractivity contribution in [3.8, 4) is 0 Å². The molecular weight excluding hydrogens is 232 g/mol. The van der Waals surface area contributed by atoms with Gasteiger partial charge >= 0.3 is 0 Å². The van der Waals surface area contributed by atoms with Gasteiger partial charge in [-0.15, -0.1) is 0 Å². The number of nitrogens with zero attached hydrogens (tertiary/aromatic N) is 1. The fraction of sp³-hybridized carbons (Fsp3) is 0.538. The average molecular weight is 252 g/mol. The number of carbonyl (C=O) groups excluding carboxylic acids is 1. The van der Waals surface area contributed by atoms with Crippen molar-refractivity contribution >= 4 is 11.9 Å². The summed E-state index contributed by atoms with van der Waals surface area (Å²) >= 11 is 0. The lowest BCUT2D eigenvalue weighted by molar-refractivity contribution is 0.0932. The lowest BCUT2D eigenvalue weighted by Crippen LogP contribution is -2.34. The van der Waals surface area contributed by atoms with Gasteiger partial charge in [-0.1, -0.05) is 13.3 Å². The Labute approximate surface area is 107 Å². The predicted molar refractivity (Wildman–Crippen MR) is 69.6 cm³/mol. The SMILES string of the molecule is CCCCN=C(NC(=O)c1ccco1)OC(C)C. The van der Waals surface area contributed by atoms with Crippen LogP contribution in [0.1, 0.15) is 44.2 Å². The molecule has 1 aromatic rings. The van der Waals surface area contributed by atoms with Crippen molar-refractivity contribution in [2.75, 3.05) is 6.54 Å². The number of rotatable bonds is 5. The number of nitrogens with one attached hydrogen (secondary N) is 1. The van der Waals surface area contributed by atoms with Gasteiger partial charge in [0.2, 0.25) is 0 Å². The second-order valence-electron chi connectivity index (χ2n) is 4.14. The summed E-state index contributed by atoms with van der Waals surface area (Å²) in [4.78, 5) is 16.0. The first kappa shape index (κ1) is 14.3. The maximum atomic E-state index is 11.8. The molecule has 1 N–H and O–H groups in total. The topological polar surface area (TPSA) is 63.8 Å². The molecular formula is C13H20N2O3. The number of amides is 1. The van der Waals surface area contributed by atoms with Crippen molar-refractivity contribution in [1.82, 2.24) is 5.32 Å². The molecule has 0 aliphatic rings. The zero-order chi connectivity index (χ0) is 13.4. The molecule has 0 unspecified atom stereocenters. The van der Waals surface area contributed by atoms with Gasteiger partial charge in [0.25, 0.3) is 11.9 Å². The van der Waals surface area contributed by atoms with E-state index in [9.17, 15) is 4.79 Å². The highest BCUT2D eigenvalue weighted by Gasteiger charge is 2.13. The third-order valence-corrected chi connectivity index (χ3v) is 2.08. The lowest BCUT2D eigenvalue weighted by atomic mass is 10.3. The molecule has 0 aliphatic carbocycles. The van der Waals surface area contributed by atoms with Crippen LogP contribution in [0.5, 0.6) is 0 Å². The van der Waals surface area contributed by atoms with Crippen molar-refractivity contribution in [2.45, 2.75) is 39.7 Å². The number of furan rings is 1. The summed E-state index contributed by atoms with van der Waals surface area (Å²) in [5.74, 6) is -0.110. The monoisotopic (exact) mass is 252 g/mol. The Kier molecular flexibility index (Phi) is 5.97. The molecule has 0 aliphatic heterocycles. The summed E-state index contributed by atoms with van der Waals surface area (Å²) in [5.41, 5.74) is 0. The van der Waals surface area contributed by atoms with Gasteiger partial charge in [-0.3, -0.25) is 10.1 Å². The van der Waals surface area contributed by atoms with E-state index in [-0.39, 0.29) is 23.8 Å². The van der Waals surface area contributed by atoms with Gasteiger partial charge in [0.1, 0.15) is 0 Å². The van der Waals surface area contributed by atoms with Crippen molar-refractivity contribution in [3.63, 3.8) is 0 Å². The Bertz CT molecular complexity index is 383. The van der Waals surface area contributed by atoms with Crippen molar-refractivity contribution in [3.05, 3.63) is 24.2 Å². The number of unbranched alkanes of at least 4 members (excludes halogenated alkanes) is 1. The Morgan fingerprint density at radius 2 is 2.33 bits per heavy atom. The Hall–Kier alpha value is -1.78. The average Bonchev–Trinajstić information content (AvgIpc) is 2.81. The van der Waals surface area contributed by atoms with Crippen LogP contribution in [0.2, 0.25) is 0 Å². The predicted octanol–water partition coefficient (Wildman–Crippen LogP) is 2.59. The first-order valence-electron chi connectivity index (χ1n) is 6.19. The Morgan fingerprint density at radius 1 is 1.56 bits per heavy atom. The zero-order valence-electron chi connectivity index (χ0n) is 11.1. The van der Waals surface area contributed by atoms with Gasteiger partial charge in [-0.05, 0) is 32.4 Å². The number of aliphatic imine (C=N–C) groups is 1. The largest absolute Gasteiger partial charge is 0.462 e. The van der Waals surface area contributed by atoms with Gasteiger partial charge < -0.3 is 9.15 Å². The lowest BCUT2D eigenvalue weighted by Gasteiger charge is -2.12. The van der Waals surface area contributed by atoms with E-state index in [1.807, 2.05) is 13.8 Å². The zero-order valence-corrected chi connectivity index (χ0v) is 11.1. The normalized spacial score (nSPS) is 11.7. The molecule has 0 bridgehead atoms. The fourth-order valence-corrected chi connectivity index (χ4v) is 1.23. The third kappa shape index (κ3) is 5.03. The Balaban J connectivity index is 2.60. The van der Waals surface area contributed by atoms with E-state index in [0.29, 0.717) is 6.54 Å². The van der Waals surface area contributed by atoms with Gasteiger partial charge in [0, 0.05) is 6.54 Å². The maximum Gasteiger partial charge on any atom is 0.294 e. The van der Waals surface area contributed by atoms with E-state index < -0.39 is 0 Å². The van der Waals surface area contributed by atoms with Gasteiger partial charge in [-0.2, -0.15) is 0 Å². The van der Waals surface area contributed by atoms with Crippen molar-refractivity contribution < 1.29 is 13.9 Å². The number of hydrogen-bond acceptors (Lipinski definition) is 4. The molecule has 100 valence electrons. The number of amidine groups is 1. The highest BCUT2D eigenvalue weighted by atomic mass is 16.5. The minimum atomic E-state index is -0.351. The molecule has 0 saturated heterocycles. The highest BCUT2D eigenvalue weighted by molar-refractivity contribution is 6.02. The molecule has 0 fully saturated rings. The number of carbonyl (C=O) groups is 1. The molecule has 18 heavy (non-hydrogen) atoms. The maximum absolute atomic E-state index is 11.8. The van der Waals surface area contributed by atoms with Crippen LogP contribution in [-0.4, -0.2) is 24.6 Å². The van der Waals surface area contributed by atoms with Crippen molar-refractivity contribution in [2.24, 2.45) is 4.99 Å². The summed E-state index contributed by atoms with van der Waals surface area (Å²) in [5, 5.41) is 2.60. The molecule has 1 rings (SSSR count). The van der Waals surface area contributed by atoms with Crippen LogP contribution < -0.4 is 5.32 Å². The third-order valence-electron chi connectivity index (χ3n) is 2.08. The summed E-state index contributed by atoms with van der Waals surface area (Å²) in [6.45, 7) is 6.49. The minimum absolute atomic E-state index is 0.0396.